The smallest absolute Gasteiger partial charge is 0.147 e. The predicted octanol–water partition coefficient (Wildman–Crippen LogP) is 16.5. The van der Waals surface area contributed by atoms with Crippen LogP contribution in [0.1, 0.15) is 232 Å². The molecule has 0 atom stereocenters. The van der Waals surface area contributed by atoms with Crippen molar-refractivity contribution in [2.45, 2.75) is 244 Å². The third-order valence-corrected chi connectivity index (χ3v) is 10.5. The van der Waals surface area contributed by atoms with Crippen LogP contribution in [-0.2, 0) is 9.59 Å². The van der Waals surface area contributed by atoms with Crippen molar-refractivity contribution in [1.29, 1.82) is 0 Å². The summed E-state index contributed by atoms with van der Waals surface area (Å²) in [6.07, 6.45) is 16.3. The lowest BCUT2D eigenvalue weighted by molar-refractivity contribution is -0.124. The molecule has 0 N–H and O–H groups in total. The molecule has 0 heterocycles. The van der Waals surface area contributed by atoms with Gasteiger partial charge in [0.2, 0.25) is 0 Å². The van der Waals surface area contributed by atoms with E-state index in [9.17, 15) is 9.59 Å². The lowest BCUT2D eigenvalue weighted by Gasteiger charge is -2.38. The van der Waals surface area contributed by atoms with Crippen LogP contribution in [0.3, 0.4) is 0 Å². The fourth-order valence-corrected chi connectivity index (χ4v) is 4.32. The number of carbonyl (C=O) groups excluding carboxylic acids is 2. The summed E-state index contributed by atoms with van der Waals surface area (Å²) in [5.74, 6) is 2.50. The Bertz CT molecular complexity index is 645. The van der Waals surface area contributed by atoms with Crippen LogP contribution in [-0.4, -0.2) is 66.5 Å². The van der Waals surface area contributed by atoms with Gasteiger partial charge in [-0.2, -0.15) is 0 Å². The molecule has 0 unspecified atom stereocenters. The second-order valence-corrected chi connectivity index (χ2v) is 17.3. The maximum Gasteiger partial charge on any atom is 0.147 e. The first-order valence-electron chi connectivity index (χ1n) is 18.8. The van der Waals surface area contributed by atoms with Gasteiger partial charge < -0.3 is 0 Å². The number of nitrogens with zero attached hydrogens (tertiary/aromatic N) is 2. The molecule has 2 fully saturated rings. The minimum atomic E-state index is 0. The van der Waals surface area contributed by atoms with Gasteiger partial charge in [-0.3, -0.25) is 19.4 Å². The van der Waals surface area contributed by atoms with Crippen LogP contribution < -0.4 is 0 Å². The van der Waals surface area contributed by atoms with Crippen LogP contribution in [0.5, 0.6) is 0 Å². The van der Waals surface area contributed by atoms with Crippen molar-refractivity contribution in [3.05, 3.63) is 0 Å². The number of hydrogen-bond acceptors (Lipinski definition) is 4. The SMILES string of the molecule is C.C.C.C.C.C.C1CCCC1.C1CCCC1.CBr.CC.CC(C)N(C)CC(=O)CC(C)(C)C(C)(C)C.CC(C)N(C)CC(=O)CC(C)(C)C(C)(C)C. The Morgan fingerprint density at radius 1 is 0.462 bits per heavy atom. The normalized spacial score (nSPS) is 13.2. The van der Waals surface area contributed by atoms with Gasteiger partial charge in [-0.15, -0.1) is 0 Å². The summed E-state index contributed by atoms with van der Waals surface area (Å²) >= 11 is 2.94. The zero-order valence-electron chi connectivity index (χ0n) is 35.1. The van der Waals surface area contributed by atoms with Crippen molar-refractivity contribution in [3.8, 4) is 0 Å². The molecule has 0 spiro atoms. The van der Waals surface area contributed by atoms with Crippen molar-refractivity contribution in [2.24, 2.45) is 21.7 Å². The van der Waals surface area contributed by atoms with Gasteiger partial charge >= 0.3 is 0 Å². The van der Waals surface area contributed by atoms with E-state index in [1.807, 2.05) is 33.8 Å². The van der Waals surface area contributed by atoms with E-state index in [1.54, 1.807) is 0 Å². The summed E-state index contributed by atoms with van der Waals surface area (Å²) in [6.45, 7) is 35.5. The van der Waals surface area contributed by atoms with Crippen molar-refractivity contribution >= 4 is 27.5 Å². The van der Waals surface area contributed by atoms with Crippen LogP contribution >= 0.6 is 15.9 Å². The van der Waals surface area contributed by atoms with Gasteiger partial charge in [0.05, 0.1) is 13.1 Å². The second-order valence-electron chi connectivity index (χ2n) is 17.3. The van der Waals surface area contributed by atoms with E-state index in [4.69, 9.17) is 0 Å². The Morgan fingerprint density at radius 2 is 0.615 bits per heavy atom. The van der Waals surface area contributed by atoms with Crippen molar-refractivity contribution in [3.63, 3.8) is 0 Å². The highest BCUT2D eigenvalue weighted by Crippen LogP contribution is 2.41. The van der Waals surface area contributed by atoms with Gasteiger partial charge in [0.25, 0.3) is 0 Å². The summed E-state index contributed by atoms with van der Waals surface area (Å²) < 4.78 is 0. The molecular weight excluding hydrogens is 704 g/mol. The van der Waals surface area contributed by atoms with Crippen LogP contribution in [0.2, 0.25) is 0 Å². The summed E-state index contributed by atoms with van der Waals surface area (Å²) in [7, 11) is 4.01. The van der Waals surface area contributed by atoms with Gasteiger partial charge in [-0.25, -0.2) is 0 Å². The summed E-state index contributed by atoms with van der Waals surface area (Å²) in [5, 5.41) is 0. The highest BCUT2D eigenvalue weighted by Gasteiger charge is 2.35. The van der Waals surface area contributed by atoms with E-state index in [0.717, 1.165) is 0 Å². The molecule has 0 radical (unpaired) electrons. The molecule has 0 aromatic carbocycles. The molecule has 5 heteroatoms. The van der Waals surface area contributed by atoms with E-state index in [1.165, 1.54) is 64.2 Å². The zero-order valence-corrected chi connectivity index (χ0v) is 36.7. The number of likely N-dealkylation sites (N-methyl/N-ethyl adjacent to an activating group) is 2. The third kappa shape index (κ3) is 40.9. The molecule has 52 heavy (non-hydrogen) atoms. The minimum absolute atomic E-state index is 0. The summed E-state index contributed by atoms with van der Waals surface area (Å²) in [6, 6.07) is 0.864. The average Bonchev–Trinajstić information content (AvgIpc) is 3.69. The van der Waals surface area contributed by atoms with E-state index < -0.39 is 0 Å². The Morgan fingerprint density at radius 3 is 0.731 bits per heavy atom. The molecule has 0 aliphatic heterocycles. The molecule has 2 aliphatic carbocycles. The maximum atomic E-state index is 12.0. The van der Waals surface area contributed by atoms with E-state index in [0.29, 0.717) is 49.6 Å². The molecule has 0 aromatic rings. The first kappa shape index (κ1) is 76.5. The molecule has 328 valence electrons. The second kappa shape index (κ2) is 40.4. The van der Waals surface area contributed by atoms with E-state index in [-0.39, 0.29) is 66.2 Å². The fourth-order valence-electron chi connectivity index (χ4n) is 4.32. The highest BCUT2D eigenvalue weighted by molar-refractivity contribution is 9.08. The monoisotopic (exact) mass is 815 g/mol. The molecule has 0 saturated heterocycles. The Balaban J connectivity index is -0.0000000570. The van der Waals surface area contributed by atoms with Crippen LogP contribution in [0.25, 0.3) is 0 Å². The Hall–Kier alpha value is -0.260. The summed E-state index contributed by atoms with van der Waals surface area (Å²) in [5.41, 5.74) is 0.446. The topological polar surface area (TPSA) is 40.6 Å². The predicted molar refractivity (Wildman–Crippen MR) is 254 cm³/mol. The third-order valence-electron chi connectivity index (χ3n) is 10.5. The van der Waals surface area contributed by atoms with Crippen LogP contribution in [0.4, 0.5) is 0 Å². The van der Waals surface area contributed by atoms with Gasteiger partial charge in [0.1, 0.15) is 11.6 Å². The largest absolute Gasteiger partial charge is 0.298 e. The van der Waals surface area contributed by atoms with Crippen LogP contribution in [0, 0.1) is 21.7 Å². The molecule has 2 rings (SSSR count). The molecule has 0 aromatic heterocycles. The van der Waals surface area contributed by atoms with Crippen molar-refractivity contribution in [2.75, 3.05) is 33.0 Å². The standard InChI is InChI=1S/2C14H29NO.2C5H10.C2H6.CH3Br.6CH4/c2*1-11(2)15(8)10-12(16)9-14(6,7)13(3,4)5;2*1-2-4-5-3-1;2*1-2;;;;;;/h2*11H,9-10H2,1-8H3;2*1-5H2;1-2H3;1H3;6*1H4. The number of ketones is 2. The highest BCUT2D eigenvalue weighted by atomic mass is 79.9. The quantitative estimate of drug-likeness (QED) is 0.206. The molecular formula is C47H111BrN2O2. The number of alkyl halides is 1. The van der Waals surface area contributed by atoms with Gasteiger partial charge in [0, 0.05) is 24.9 Å². The summed E-state index contributed by atoms with van der Waals surface area (Å²) in [4.78, 5) is 28.2. The lowest BCUT2D eigenvalue weighted by atomic mass is 9.66. The first-order chi connectivity index (χ1) is 20.9. The molecule has 2 saturated carbocycles. The lowest BCUT2D eigenvalue weighted by Crippen LogP contribution is -2.37. The first-order valence-corrected chi connectivity index (χ1v) is 20.3. The fraction of sp³-hybridized carbons (Fsp3) is 0.957. The van der Waals surface area contributed by atoms with Gasteiger partial charge in [-0.05, 0) is 69.3 Å². The number of carbonyl (C=O) groups is 2. The Kier molecular flexibility index (Phi) is 59.4. The maximum absolute atomic E-state index is 12.0. The van der Waals surface area contributed by atoms with E-state index >= 15 is 0 Å². The average molecular weight is 816 g/mol. The zero-order chi connectivity index (χ0) is 37.4. The molecule has 4 nitrogen and oxygen atoms in total. The minimum Gasteiger partial charge on any atom is -0.298 e. The number of hydrogen-bond donors (Lipinski definition) is 0. The Labute approximate surface area is 344 Å². The molecule has 2 aliphatic rings. The number of halogens is 1. The molecule has 0 bridgehead atoms. The van der Waals surface area contributed by atoms with E-state index in [2.05, 4.69) is 123 Å². The number of Topliss-reactive ketones (excluding diaryl/α,β-unsaturated/α-hetero) is 2. The molecule has 0 amide bonds. The number of rotatable bonds is 10. The van der Waals surface area contributed by atoms with Crippen molar-refractivity contribution in [1.82, 2.24) is 9.80 Å². The van der Waals surface area contributed by atoms with Gasteiger partial charge in [-0.1, -0.05) is 208 Å². The van der Waals surface area contributed by atoms with Crippen LogP contribution in [0.15, 0.2) is 0 Å². The van der Waals surface area contributed by atoms with Crippen molar-refractivity contribution < 1.29 is 9.59 Å². The van der Waals surface area contributed by atoms with Gasteiger partial charge in [0.15, 0.2) is 0 Å².